The van der Waals surface area contributed by atoms with Gasteiger partial charge in [-0.3, -0.25) is 9.69 Å². The van der Waals surface area contributed by atoms with Crippen molar-refractivity contribution in [3.05, 3.63) is 22.2 Å². The predicted molar refractivity (Wildman–Crippen MR) is 85.0 cm³/mol. The number of benzene rings is 1. The summed E-state index contributed by atoms with van der Waals surface area (Å²) in [5.74, 6) is 0.532. The number of nitrogens with zero attached hydrogens (tertiary/aromatic N) is 1. The largest absolute Gasteiger partial charge is 0.496 e. The summed E-state index contributed by atoms with van der Waals surface area (Å²) in [7, 11) is 3.19. The molecule has 0 atom stereocenters. The van der Waals surface area contributed by atoms with Gasteiger partial charge in [0.25, 0.3) is 0 Å². The highest BCUT2D eigenvalue weighted by Crippen LogP contribution is 2.34. The van der Waals surface area contributed by atoms with Crippen LogP contribution in [0.3, 0.4) is 0 Å². The molecule has 5 nitrogen and oxygen atoms in total. The molecule has 0 unspecified atom stereocenters. The van der Waals surface area contributed by atoms with E-state index in [2.05, 4.69) is 15.9 Å². The lowest BCUT2D eigenvalue weighted by atomic mass is 10.0. The Morgan fingerprint density at radius 2 is 1.86 bits per heavy atom. The van der Waals surface area contributed by atoms with Crippen LogP contribution in [0.1, 0.15) is 26.3 Å². The van der Waals surface area contributed by atoms with Gasteiger partial charge >= 0.3 is 5.97 Å². The number of hydrogen-bond acceptors (Lipinski definition) is 4. The van der Waals surface area contributed by atoms with E-state index in [-0.39, 0.29) is 0 Å². The summed E-state index contributed by atoms with van der Waals surface area (Å²) >= 11 is 3.42. The maximum Gasteiger partial charge on any atom is 0.323 e. The van der Waals surface area contributed by atoms with E-state index in [4.69, 9.17) is 9.47 Å². The molecule has 0 aromatic heterocycles. The summed E-state index contributed by atoms with van der Waals surface area (Å²) < 4.78 is 11.5. The van der Waals surface area contributed by atoms with E-state index in [0.717, 1.165) is 10.0 Å². The van der Waals surface area contributed by atoms with Gasteiger partial charge in [-0.25, -0.2) is 0 Å². The van der Waals surface area contributed by atoms with Crippen LogP contribution in [0.25, 0.3) is 0 Å². The molecule has 0 aliphatic heterocycles. The number of carbonyl (C=O) groups is 1. The normalized spacial score (nSPS) is 11.6. The molecular formula is C15H22BrNO4. The third-order valence-corrected chi connectivity index (χ3v) is 4.23. The number of hydrogen-bond donors (Lipinski definition) is 1. The summed E-state index contributed by atoms with van der Waals surface area (Å²) in [6, 6.07) is 3.69. The van der Waals surface area contributed by atoms with Gasteiger partial charge in [-0.15, -0.1) is 0 Å². The fourth-order valence-electron chi connectivity index (χ4n) is 2.09. The zero-order chi connectivity index (χ0) is 16.2. The molecule has 0 fully saturated rings. The van der Waals surface area contributed by atoms with E-state index in [1.165, 1.54) is 0 Å². The van der Waals surface area contributed by atoms with Crippen LogP contribution in [0.4, 0.5) is 0 Å². The Labute approximate surface area is 134 Å². The lowest BCUT2D eigenvalue weighted by Crippen LogP contribution is -2.49. The maximum atomic E-state index is 11.4. The maximum absolute atomic E-state index is 11.4. The zero-order valence-electron chi connectivity index (χ0n) is 13.1. The third kappa shape index (κ3) is 3.89. The van der Waals surface area contributed by atoms with Crippen molar-refractivity contribution in [2.75, 3.05) is 20.8 Å². The van der Waals surface area contributed by atoms with Gasteiger partial charge in [-0.1, -0.05) is 6.92 Å². The van der Waals surface area contributed by atoms with Crippen LogP contribution in [-0.4, -0.2) is 42.3 Å². The Hall–Kier alpha value is -1.27. The molecule has 0 spiro atoms. The van der Waals surface area contributed by atoms with Crippen LogP contribution in [0.15, 0.2) is 16.6 Å². The Balaban J connectivity index is 3.18. The van der Waals surface area contributed by atoms with E-state index >= 15 is 0 Å². The molecule has 118 valence electrons. The first-order chi connectivity index (χ1) is 9.77. The van der Waals surface area contributed by atoms with Crippen LogP contribution in [-0.2, 0) is 11.3 Å². The average Bonchev–Trinajstić information content (AvgIpc) is 2.44. The summed E-state index contributed by atoms with van der Waals surface area (Å²) in [5, 5.41) is 9.39. The molecule has 0 saturated carbocycles. The molecular weight excluding hydrogens is 338 g/mol. The van der Waals surface area contributed by atoms with Gasteiger partial charge in [-0.2, -0.15) is 0 Å². The van der Waals surface area contributed by atoms with E-state index in [1.807, 2.05) is 24.0 Å². The molecule has 6 heteroatoms. The van der Waals surface area contributed by atoms with Crippen molar-refractivity contribution in [1.29, 1.82) is 0 Å². The Morgan fingerprint density at radius 3 is 2.29 bits per heavy atom. The third-order valence-electron chi connectivity index (χ3n) is 3.61. The second-order valence-electron chi connectivity index (χ2n) is 5.18. The van der Waals surface area contributed by atoms with E-state index < -0.39 is 11.5 Å². The quantitative estimate of drug-likeness (QED) is 0.810. The zero-order valence-corrected chi connectivity index (χ0v) is 14.7. The van der Waals surface area contributed by atoms with Crippen LogP contribution in [0.2, 0.25) is 0 Å². The van der Waals surface area contributed by atoms with Gasteiger partial charge in [0.15, 0.2) is 0 Å². The SMILES string of the molecule is CCN(Cc1cc(OC)c(Br)cc1OC)C(C)(C)C(=O)O. The first-order valence-electron chi connectivity index (χ1n) is 6.66. The average molecular weight is 360 g/mol. The summed E-state index contributed by atoms with van der Waals surface area (Å²) in [6.07, 6.45) is 0. The standard InChI is InChI=1S/C15H22BrNO4/c1-6-17(15(2,3)14(18)19)9-10-7-13(21-5)11(16)8-12(10)20-4/h7-8H,6,9H2,1-5H3,(H,18,19). The van der Waals surface area contributed by atoms with Crippen molar-refractivity contribution in [1.82, 2.24) is 4.90 Å². The molecule has 0 amide bonds. The first-order valence-corrected chi connectivity index (χ1v) is 7.46. The van der Waals surface area contributed by atoms with Crippen LogP contribution in [0.5, 0.6) is 11.5 Å². The molecule has 1 rings (SSSR count). The van der Waals surface area contributed by atoms with Gasteiger partial charge in [0.1, 0.15) is 17.0 Å². The van der Waals surface area contributed by atoms with Gasteiger partial charge < -0.3 is 14.6 Å². The molecule has 0 radical (unpaired) electrons. The number of likely N-dealkylation sites (N-methyl/N-ethyl adjacent to an activating group) is 1. The minimum absolute atomic E-state index is 0.461. The number of carboxylic acid groups (broad SMARTS) is 1. The second kappa shape index (κ2) is 7.13. The van der Waals surface area contributed by atoms with Crippen molar-refractivity contribution in [3.8, 4) is 11.5 Å². The van der Waals surface area contributed by atoms with Gasteiger partial charge in [-0.05, 0) is 48.5 Å². The highest BCUT2D eigenvalue weighted by molar-refractivity contribution is 9.10. The van der Waals surface area contributed by atoms with Crippen molar-refractivity contribution < 1.29 is 19.4 Å². The molecule has 0 bridgehead atoms. The Morgan fingerprint density at radius 1 is 1.29 bits per heavy atom. The highest BCUT2D eigenvalue weighted by Gasteiger charge is 2.34. The molecule has 0 aliphatic rings. The summed E-state index contributed by atoms with van der Waals surface area (Å²) in [6.45, 7) is 6.40. The molecule has 0 saturated heterocycles. The lowest BCUT2D eigenvalue weighted by Gasteiger charge is -2.34. The van der Waals surface area contributed by atoms with Gasteiger partial charge in [0.2, 0.25) is 0 Å². The van der Waals surface area contributed by atoms with Crippen LogP contribution in [0, 0.1) is 0 Å². The van der Waals surface area contributed by atoms with E-state index in [1.54, 1.807) is 28.1 Å². The van der Waals surface area contributed by atoms with Gasteiger partial charge in [0.05, 0.1) is 18.7 Å². The molecule has 0 aliphatic carbocycles. The summed E-state index contributed by atoms with van der Waals surface area (Å²) in [5.41, 5.74) is -0.0752. The number of rotatable bonds is 7. The fraction of sp³-hybridized carbons (Fsp3) is 0.533. The monoisotopic (exact) mass is 359 g/mol. The van der Waals surface area contributed by atoms with Crippen LogP contribution >= 0.6 is 15.9 Å². The smallest absolute Gasteiger partial charge is 0.323 e. The van der Waals surface area contributed by atoms with Crippen molar-refractivity contribution in [2.45, 2.75) is 32.9 Å². The summed E-state index contributed by atoms with van der Waals surface area (Å²) in [4.78, 5) is 13.3. The Kier molecular flexibility index (Phi) is 6.04. The topological polar surface area (TPSA) is 59.0 Å². The minimum Gasteiger partial charge on any atom is -0.496 e. The number of methoxy groups -OCH3 is 2. The predicted octanol–water partition coefficient (Wildman–Crippen LogP) is 3.15. The molecule has 21 heavy (non-hydrogen) atoms. The molecule has 0 heterocycles. The Bertz CT molecular complexity index is 517. The molecule has 1 aromatic carbocycles. The second-order valence-corrected chi connectivity index (χ2v) is 6.03. The number of carboxylic acids is 1. The number of halogens is 1. The number of aliphatic carboxylic acids is 1. The fourth-order valence-corrected chi connectivity index (χ4v) is 2.58. The number of ether oxygens (including phenoxy) is 2. The van der Waals surface area contributed by atoms with Gasteiger partial charge in [0, 0.05) is 12.1 Å². The minimum atomic E-state index is -0.958. The van der Waals surface area contributed by atoms with Crippen molar-refractivity contribution in [3.63, 3.8) is 0 Å². The lowest BCUT2D eigenvalue weighted by molar-refractivity contribution is -0.149. The molecule has 1 aromatic rings. The molecule has 1 N–H and O–H groups in total. The van der Waals surface area contributed by atoms with E-state index in [0.29, 0.717) is 24.6 Å². The van der Waals surface area contributed by atoms with Crippen molar-refractivity contribution in [2.24, 2.45) is 0 Å². The van der Waals surface area contributed by atoms with Crippen LogP contribution < -0.4 is 9.47 Å². The van der Waals surface area contributed by atoms with Crippen molar-refractivity contribution >= 4 is 21.9 Å². The highest BCUT2D eigenvalue weighted by atomic mass is 79.9. The first kappa shape index (κ1) is 17.8. The van der Waals surface area contributed by atoms with E-state index in [9.17, 15) is 9.90 Å².